The van der Waals surface area contributed by atoms with Gasteiger partial charge in [-0.25, -0.2) is 0 Å². The molecule has 0 saturated carbocycles. The lowest BCUT2D eigenvalue weighted by molar-refractivity contribution is 0.0506. The molecule has 2 rings (SSSR count). The summed E-state index contributed by atoms with van der Waals surface area (Å²) < 4.78 is 5.46. The van der Waals surface area contributed by atoms with E-state index in [1.54, 1.807) is 0 Å². The molecule has 1 aromatic rings. The van der Waals surface area contributed by atoms with E-state index in [-0.39, 0.29) is 5.41 Å². The Kier molecular flexibility index (Phi) is 4.31. The van der Waals surface area contributed by atoms with Gasteiger partial charge in [0.15, 0.2) is 0 Å². The molecule has 2 nitrogen and oxygen atoms in total. The Hall–Kier alpha value is -0.280. The molecule has 94 valence electrons. The van der Waals surface area contributed by atoms with E-state index >= 15 is 0 Å². The third-order valence-electron chi connectivity index (χ3n) is 3.47. The molecule has 0 amide bonds. The minimum Gasteiger partial charge on any atom is -0.381 e. The lowest BCUT2D eigenvalue weighted by atomic mass is 9.74. The smallest absolute Gasteiger partial charge is 0.0475 e. The van der Waals surface area contributed by atoms with Crippen molar-refractivity contribution in [3.8, 4) is 0 Å². The topological polar surface area (TPSA) is 21.3 Å². The van der Waals surface area contributed by atoms with Gasteiger partial charge in [0.2, 0.25) is 0 Å². The number of nitrogens with one attached hydrogen (secondary N) is 1. The maximum absolute atomic E-state index is 6.34. The minimum atomic E-state index is 0.0780. The van der Waals surface area contributed by atoms with Gasteiger partial charge in [0.1, 0.15) is 0 Å². The van der Waals surface area contributed by atoms with Crippen LogP contribution in [0.15, 0.2) is 18.2 Å². The molecule has 0 spiro atoms. The van der Waals surface area contributed by atoms with Crippen molar-refractivity contribution in [2.75, 3.05) is 26.8 Å². The number of hydrogen-bond acceptors (Lipinski definition) is 2. The van der Waals surface area contributed by atoms with Crippen LogP contribution in [-0.4, -0.2) is 26.8 Å². The summed E-state index contributed by atoms with van der Waals surface area (Å²) in [5, 5.41) is 4.72. The van der Waals surface area contributed by atoms with Crippen molar-refractivity contribution in [3.05, 3.63) is 33.8 Å². The Morgan fingerprint density at radius 1 is 1.29 bits per heavy atom. The van der Waals surface area contributed by atoms with Crippen molar-refractivity contribution in [2.24, 2.45) is 0 Å². The monoisotopic (exact) mass is 273 g/mol. The zero-order chi connectivity index (χ0) is 12.3. The van der Waals surface area contributed by atoms with Gasteiger partial charge in [0, 0.05) is 35.2 Å². The lowest BCUT2D eigenvalue weighted by Gasteiger charge is -2.38. The van der Waals surface area contributed by atoms with Crippen LogP contribution in [0.3, 0.4) is 0 Å². The maximum atomic E-state index is 6.34. The molecular formula is C13H17Cl2NO. The van der Waals surface area contributed by atoms with Crippen LogP contribution < -0.4 is 5.32 Å². The fourth-order valence-electron chi connectivity index (χ4n) is 2.56. The van der Waals surface area contributed by atoms with Crippen LogP contribution in [0.1, 0.15) is 18.4 Å². The van der Waals surface area contributed by atoms with Crippen LogP contribution in [0.25, 0.3) is 0 Å². The zero-order valence-electron chi connectivity index (χ0n) is 9.93. The van der Waals surface area contributed by atoms with Crippen LogP contribution in [0.2, 0.25) is 10.0 Å². The van der Waals surface area contributed by atoms with Gasteiger partial charge in [0.05, 0.1) is 0 Å². The first-order valence-corrected chi connectivity index (χ1v) is 6.61. The highest BCUT2D eigenvalue weighted by Gasteiger charge is 2.35. The molecule has 0 unspecified atom stereocenters. The van der Waals surface area contributed by atoms with Crippen LogP contribution in [-0.2, 0) is 10.2 Å². The van der Waals surface area contributed by atoms with Crippen LogP contribution in [0.5, 0.6) is 0 Å². The van der Waals surface area contributed by atoms with Gasteiger partial charge in [-0.1, -0.05) is 29.3 Å². The third kappa shape index (κ3) is 2.76. The number of benzene rings is 1. The second-order valence-corrected chi connectivity index (χ2v) is 5.39. The van der Waals surface area contributed by atoms with Crippen LogP contribution in [0, 0.1) is 0 Å². The highest BCUT2D eigenvalue weighted by atomic mass is 35.5. The van der Waals surface area contributed by atoms with E-state index in [4.69, 9.17) is 27.9 Å². The molecule has 17 heavy (non-hydrogen) atoms. The number of ether oxygens (including phenoxy) is 1. The van der Waals surface area contributed by atoms with Crippen molar-refractivity contribution >= 4 is 23.2 Å². The summed E-state index contributed by atoms with van der Waals surface area (Å²) in [6.45, 7) is 2.50. The molecule has 0 aliphatic carbocycles. The highest BCUT2D eigenvalue weighted by molar-refractivity contribution is 6.35. The first kappa shape index (κ1) is 13.2. The maximum Gasteiger partial charge on any atom is 0.0475 e. The van der Waals surface area contributed by atoms with E-state index in [9.17, 15) is 0 Å². The fourth-order valence-corrected chi connectivity index (χ4v) is 3.17. The molecule has 0 bridgehead atoms. The second kappa shape index (κ2) is 5.57. The Bertz CT molecular complexity index is 383. The van der Waals surface area contributed by atoms with Gasteiger partial charge in [-0.2, -0.15) is 0 Å². The molecule has 1 heterocycles. The Morgan fingerprint density at radius 2 is 2.00 bits per heavy atom. The SMILES string of the molecule is CNCC1(c2ccc(Cl)cc2Cl)CCOCC1. The molecule has 0 radical (unpaired) electrons. The van der Waals surface area contributed by atoms with Gasteiger partial charge in [-0.05, 0) is 37.6 Å². The van der Waals surface area contributed by atoms with Crippen LogP contribution in [0.4, 0.5) is 0 Å². The fraction of sp³-hybridized carbons (Fsp3) is 0.538. The molecule has 4 heteroatoms. The van der Waals surface area contributed by atoms with Gasteiger partial charge in [-0.3, -0.25) is 0 Å². The van der Waals surface area contributed by atoms with Gasteiger partial charge < -0.3 is 10.1 Å². The highest BCUT2D eigenvalue weighted by Crippen LogP contribution is 2.39. The predicted octanol–water partition coefficient (Wildman–Crippen LogP) is 3.26. The van der Waals surface area contributed by atoms with E-state index in [1.807, 2.05) is 25.2 Å². The van der Waals surface area contributed by atoms with Crippen molar-refractivity contribution in [1.29, 1.82) is 0 Å². The summed E-state index contributed by atoms with van der Waals surface area (Å²) in [6, 6.07) is 5.79. The average molecular weight is 274 g/mol. The zero-order valence-corrected chi connectivity index (χ0v) is 11.4. The molecule has 1 fully saturated rings. The Labute approximate surface area is 112 Å². The Balaban J connectivity index is 2.37. The summed E-state index contributed by atoms with van der Waals surface area (Å²) >= 11 is 12.3. The molecule has 0 atom stereocenters. The van der Waals surface area contributed by atoms with Crippen molar-refractivity contribution < 1.29 is 4.74 Å². The number of rotatable bonds is 3. The molecule has 0 aromatic heterocycles. The average Bonchev–Trinajstić information content (AvgIpc) is 2.30. The minimum absolute atomic E-state index is 0.0780. The standard InChI is InChI=1S/C13H17Cl2NO/c1-16-9-13(4-6-17-7-5-13)11-3-2-10(14)8-12(11)15/h2-3,8,16H,4-7,9H2,1H3. The summed E-state index contributed by atoms with van der Waals surface area (Å²) in [6.07, 6.45) is 1.99. The summed E-state index contributed by atoms with van der Waals surface area (Å²) in [5.74, 6) is 0. The molecule has 1 aliphatic heterocycles. The summed E-state index contributed by atoms with van der Waals surface area (Å²) in [7, 11) is 1.97. The number of halogens is 2. The van der Waals surface area contributed by atoms with E-state index in [0.717, 1.165) is 37.6 Å². The van der Waals surface area contributed by atoms with Crippen LogP contribution >= 0.6 is 23.2 Å². The van der Waals surface area contributed by atoms with Crippen molar-refractivity contribution in [1.82, 2.24) is 5.32 Å². The third-order valence-corrected chi connectivity index (χ3v) is 4.02. The second-order valence-electron chi connectivity index (χ2n) is 4.55. The van der Waals surface area contributed by atoms with Crippen molar-refractivity contribution in [3.63, 3.8) is 0 Å². The largest absolute Gasteiger partial charge is 0.381 e. The molecule has 1 N–H and O–H groups in total. The molecule has 1 saturated heterocycles. The summed E-state index contributed by atoms with van der Waals surface area (Å²) in [5.41, 5.74) is 1.26. The predicted molar refractivity (Wildman–Crippen MR) is 72.1 cm³/mol. The van der Waals surface area contributed by atoms with E-state index in [0.29, 0.717) is 5.02 Å². The number of hydrogen-bond donors (Lipinski definition) is 1. The quantitative estimate of drug-likeness (QED) is 0.913. The molecule has 1 aromatic carbocycles. The summed E-state index contributed by atoms with van der Waals surface area (Å²) in [4.78, 5) is 0. The van der Waals surface area contributed by atoms with Gasteiger partial charge >= 0.3 is 0 Å². The van der Waals surface area contributed by atoms with Gasteiger partial charge in [-0.15, -0.1) is 0 Å². The Morgan fingerprint density at radius 3 is 2.59 bits per heavy atom. The molecule has 1 aliphatic rings. The number of likely N-dealkylation sites (N-methyl/N-ethyl adjacent to an activating group) is 1. The normalized spacial score (nSPS) is 19.2. The van der Waals surface area contributed by atoms with Crippen molar-refractivity contribution in [2.45, 2.75) is 18.3 Å². The van der Waals surface area contributed by atoms with E-state index in [2.05, 4.69) is 5.32 Å². The lowest BCUT2D eigenvalue weighted by Crippen LogP contribution is -2.42. The van der Waals surface area contributed by atoms with Gasteiger partial charge in [0.25, 0.3) is 0 Å². The van der Waals surface area contributed by atoms with E-state index in [1.165, 1.54) is 5.56 Å². The first-order chi connectivity index (χ1) is 8.18. The molecular weight excluding hydrogens is 257 g/mol. The first-order valence-electron chi connectivity index (χ1n) is 5.86. The van der Waals surface area contributed by atoms with E-state index < -0.39 is 0 Å².